The van der Waals surface area contributed by atoms with Crippen molar-refractivity contribution in [2.45, 2.75) is 32.2 Å². The van der Waals surface area contributed by atoms with Crippen LogP contribution in [0.3, 0.4) is 0 Å². The number of hydrogen-bond donors (Lipinski definition) is 1. The minimum Gasteiger partial charge on any atom is -0.352 e. The van der Waals surface area contributed by atoms with Crippen LogP contribution in [0.2, 0.25) is 0 Å². The van der Waals surface area contributed by atoms with E-state index >= 15 is 0 Å². The highest BCUT2D eigenvalue weighted by molar-refractivity contribution is 5.80. The third kappa shape index (κ3) is 5.17. The summed E-state index contributed by atoms with van der Waals surface area (Å²) in [5.74, 6) is 0.0122. The van der Waals surface area contributed by atoms with E-state index in [4.69, 9.17) is 0 Å². The predicted molar refractivity (Wildman–Crippen MR) is 87.4 cm³/mol. The maximum absolute atomic E-state index is 12.2. The number of ketones is 1. The fourth-order valence-corrected chi connectivity index (χ4v) is 2.47. The average molecular weight is 295 g/mol. The summed E-state index contributed by atoms with van der Waals surface area (Å²) in [6.07, 6.45) is 0.721. The number of hydrogen-bond acceptors (Lipinski definition) is 2. The highest BCUT2D eigenvalue weighted by atomic mass is 16.1. The van der Waals surface area contributed by atoms with E-state index in [0.717, 1.165) is 11.1 Å². The number of nitrogens with one attached hydrogen (secondary N) is 1. The van der Waals surface area contributed by atoms with Crippen LogP contribution in [0.5, 0.6) is 0 Å². The maximum Gasteiger partial charge on any atom is 0.220 e. The van der Waals surface area contributed by atoms with Crippen molar-refractivity contribution >= 4 is 11.7 Å². The summed E-state index contributed by atoms with van der Waals surface area (Å²) in [6.45, 7) is 2.08. The van der Waals surface area contributed by atoms with Crippen molar-refractivity contribution in [2.75, 3.05) is 0 Å². The molecule has 0 bridgehead atoms. The second-order valence-electron chi connectivity index (χ2n) is 5.48. The molecule has 3 heteroatoms. The van der Waals surface area contributed by atoms with Crippen LogP contribution < -0.4 is 5.32 Å². The van der Waals surface area contributed by atoms with E-state index < -0.39 is 0 Å². The van der Waals surface area contributed by atoms with Gasteiger partial charge in [0.05, 0.1) is 0 Å². The molecule has 0 aliphatic carbocycles. The molecule has 0 aliphatic heterocycles. The molecule has 1 atom stereocenters. The van der Waals surface area contributed by atoms with Gasteiger partial charge in [-0.15, -0.1) is 0 Å². The second-order valence-corrected chi connectivity index (χ2v) is 5.48. The number of carbonyl (C=O) groups excluding carboxylic acids is 2. The molecular formula is C19H21NO2. The molecule has 0 aromatic heterocycles. The fraction of sp³-hybridized carbons (Fsp3) is 0.263. The van der Waals surface area contributed by atoms with Gasteiger partial charge in [0.25, 0.3) is 0 Å². The standard InChI is InChI=1S/C19H21NO2/c1-15(21)12-18(17-10-6-3-7-11-17)13-19(22)20-14-16-8-4-2-5-9-16/h2-11,18H,12-14H2,1H3,(H,20,22). The molecule has 1 amide bonds. The van der Waals surface area contributed by atoms with Crippen molar-refractivity contribution < 1.29 is 9.59 Å². The second kappa shape index (κ2) is 8.13. The van der Waals surface area contributed by atoms with Crippen LogP contribution in [0.15, 0.2) is 60.7 Å². The molecule has 1 unspecified atom stereocenters. The first kappa shape index (κ1) is 16.0. The number of carbonyl (C=O) groups is 2. The Labute approximate surface area is 131 Å². The van der Waals surface area contributed by atoms with Crippen LogP contribution >= 0.6 is 0 Å². The maximum atomic E-state index is 12.2. The normalized spacial score (nSPS) is 11.7. The van der Waals surface area contributed by atoms with E-state index in [-0.39, 0.29) is 17.6 Å². The molecule has 3 nitrogen and oxygen atoms in total. The van der Waals surface area contributed by atoms with Crippen LogP contribution in [0.25, 0.3) is 0 Å². The Bertz CT molecular complexity index is 608. The van der Waals surface area contributed by atoms with E-state index in [2.05, 4.69) is 5.32 Å². The SMILES string of the molecule is CC(=O)CC(CC(=O)NCc1ccccc1)c1ccccc1. The molecule has 2 rings (SSSR count). The van der Waals surface area contributed by atoms with E-state index in [0.29, 0.717) is 19.4 Å². The van der Waals surface area contributed by atoms with Crippen LogP contribution in [0.4, 0.5) is 0 Å². The van der Waals surface area contributed by atoms with Crippen molar-refractivity contribution in [1.29, 1.82) is 0 Å². The minimum absolute atomic E-state index is 0.0287. The van der Waals surface area contributed by atoms with Gasteiger partial charge in [0.2, 0.25) is 5.91 Å². The Hall–Kier alpha value is -2.42. The Morgan fingerprint density at radius 1 is 0.909 bits per heavy atom. The first-order valence-corrected chi connectivity index (χ1v) is 7.50. The van der Waals surface area contributed by atoms with Crippen LogP contribution in [0.1, 0.15) is 36.8 Å². The summed E-state index contributed by atoms with van der Waals surface area (Å²) < 4.78 is 0. The molecule has 114 valence electrons. The fourth-order valence-electron chi connectivity index (χ4n) is 2.47. The molecule has 2 aromatic carbocycles. The first-order valence-electron chi connectivity index (χ1n) is 7.50. The van der Waals surface area contributed by atoms with Gasteiger partial charge in [-0.2, -0.15) is 0 Å². The summed E-state index contributed by atoms with van der Waals surface area (Å²) in [7, 11) is 0. The number of benzene rings is 2. The molecule has 0 spiro atoms. The van der Waals surface area contributed by atoms with Crippen LogP contribution in [-0.2, 0) is 16.1 Å². The molecular weight excluding hydrogens is 274 g/mol. The van der Waals surface area contributed by atoms with Gasteiger partial charge < -0.3 is 10.1 Å². The quantitative estimate of drug-likeness (QED) is 0.850. The van der Waals surface area contributed by atoms with Crippen molar-refractivity contribution in [3.8, 4) is 0 Å². The molecule has 22 heavy (non-hydrogen) atoms. The van der Waals surface area contributed by atoms with Gasteiger partial charge in [-0.1, -0.05) is 60.7 Å². The van der Waals surface area contributed by atoms with E-state index in [1.807, 2.05) is 60.7 Å². The molecule has 0 fully saturated rings. The van der Waals surface area contributed by atoms with Crippen molar-refractivity contribution in [3.63, 3.8) is 0 Å². The Balaban J connectivity index is 1.95. The molecule has 0 aliphatic rings. The van der Waals surface area contributed by atoms with Crippen molar-refractivity contribution in [2.24, 2.45) is 0 Å². The lowest BCUT2D eigenvalue weighted by atomic mass is 9.91. The zero-order valence-corrected chi connectivity index (χ0v) is 12.8. The monoisotopic (exact) mass is 295 g/mol. The first-order chi connectivity index (χ1) is 10.6. The van der Waals surface area contributed by atoms with E-state index in [1.165, 1.54) is 0 Å². The van der Waals surface area contributed by atoms with Crippen LogP contribution in [0, 0.1) is 0 Å². The summed E-state index contributed by atoms with van der Waals surface area (Å²) in [5, 5.41) is 2.92. The smallest absolute Gasteiger partial charge is 0.220 e. The van der Waals surface area contributed by atoms with Gasteiger partial charge in [-0.25, -0.2) is 0 Å². The molecule has 1 N–H and O–H groups in total. The van der Waals surface area contributed by atoms with Crippen molar-refractivity contribution in [3.05, 3.63) is 71.8 Å². The number of amides is 1. The molecule has 0 saturated carbocycles. The van der Waals surface area contributed by atoms with Crippen LogP contribution in [-0.4, -0.2) is 11.7 Å². The summed E-state index contributed by atoms with van der Waals surface area (Å²) >= 11 is 0. The summed E-state index contributed by atoms with van der Waals surface area (Å²) in [4.78, 5) is 23.6. The van der Waals surface area contributed by atoms with E-state index in [9.17, 15) is 9.59 Å². The lowest BCUT2D eigenvalue weighted by Gasteiger charge is -2.16. The lowest BCUT2D eigenvalue weighted by Crippen LogP contribution is -2.25. The molecule has 0 radical (unpaired) electrons. The molecule has 0 saturated heterocycles. The van der Waals surface area contributed by atoms with Gasteiger partial charge in [0.1, 0.15) is 5.78 Å². The number of Topliss-reactive ketones (excluding diaryl/α,β-unsaturated/α-hetero) is 1. The summed E-state index contributed by atoms with van der Waals surface area (Å²) in [6, 6.07) is 19.5. The van der Waals surface area contributed by atoms with Gasteiger partial charge in [-0.05, 0) is 24.0 Å². The van der Waals surface area contributed by atoms with Gasteiger partial charge in [0, 0.05) is 19.4 Å². The molecule has 2 aromatic rings. The van der Waals surface area contributed by atoms with Gasteiger partial charge in [0.15, 0.2) is 0 Å². The topological polar surface area (TPSA) is 46.2 Å². The van der Waals surface area contributed by atoms with E-state index in [1.54, 1.807) is 6.92 Å². The van der Waals surface area contributed by atoms with Gasteiger partial charge >= 0.3 is 0 Å². The summed E-state index contributed by atoms with van der Waals surface area (Å²) in [5.41, 5.74) is 2.10. The molecule has 0 heterocycles. The Morgan fingerprint density at radius 3 is 2.09 bits per heavy atom. The zero-order valence-electron chi connectivity index (χ0n) is 12.8. The lowest BCUT2D eigenvalue weighted by molar-refractivity contribution is -0.122. The Morgan fingerprint density at radius 2 is 1.50 bits per heavy atom. The highest BCUT2D eigenvalue weighted by Gasteiger charge is 2.17. The number of rotatable bonds is 7. The highest BCUT2D eigenvalue weighted by Crippen LogP contribution is 2.23. The predicted octanol–water partition coefficient (Wildman–Crippen LogP) is 3.46. The zero-order chi connectivity index (χ0) is 15.8. The third-order valence-electron chi connectivity index (χ3n) is 3.57. The van der Waals surface area contributed by atoms with Crippen molar-refractivity contribution in [1.82, 2.24) is 5.32 Å². The third-order valence-corrected chi connectivity index (χ3v) is 3.57. The average Bonchev–Trinajstić information content (AvgIpc) is 2.54. The Kier molecular flexibility index (Phi) is 5.90. The minimum atomic E-state index is -0.0607. The van der Waals surface area contributed by atoms with Gasteiger partial charge in [-0.3, -0.25) is 4.79 Å². The largest absolute Gasteiger partial charge is 0.352 e.